The number of benzene rings is 1. The zero-order valence-electron chi connectivity index (χ0n) is 15.5. The van der Waals surface area contributed by atoms with E-state index in [4.69, 9.17) is 12.2 Å². The van der Waals surface area contributed by atoms with Crippen molar-refractivity contribution in [2.75, 3.05) is 32.0 Å². The number of likely N-dealkylation sites (N-methyl/N-ethyl adjacent to an activating group) is 1. The number of amides is 2. The van der Waals surface area contributed by atoms with E-state index >= 15 is 0 Å². The van der Waals surface area contributed by atoms with E-state index in [-0.39, 0.29) is 23.6 Å². The Kier molecular flexibility index (Phi) is 8.92. The first-order chi connectivity index (χ1) is 11.8. The fourth-order valence-electron chi connectivity index (χ4n) is 2.20. The first-order valence-electron chi connectivity index (χ1n) is 8.35. The molecule has 0 heterocycles. The molecule has 5 nitrogen and oxygen atoms in total. The maximum atomic E-state index is 12.5. The van der Waals surface area contributed by atoms with Gasteiger partial charge < -0.3 is 15.1 Å². The summed E-state index contributed by atoms with van der Waals surface area (Å²) in [6.07, 6.45) is 0. The van der Waals surface area contributed by atoms with Gasteiger partial charge in [-0.2, -0.15) is 0 Å². The third kappa shape index (κ3) is 7.04. The number of carbonyl (C=O) groups is 2. The van der Waals surface area contributed by atoms with Crippen LogP contribution in [0, 0.1) is 6.92 Å². The molecule has 0 saturated heterocycles. The highest BCUT2D eigenvalue weighted by Crippen LogP contribution is 2.18. The minimum absolute atomic E-state index is 0.00956. The van der Waals surface area contributed by atoms with E-state index in [2.05, 4.69) is 5.32 Å². The van der Waals surface area contributed by atoms with Crippen molar-refractivity contribution in [1.82, 2.24) is 9.80 Å². The van der Waals surface area contributed by atoms with Crippen LogP contribution in [0.4, 0.5) is 5.69 Å². The largest absolute Gasteiger partial charge is 0.358 e. The molecule has 0 unspecified atom stereocenters. The smallest absolute Gasteiger partial charge is 0.243 e. The Morgan fingerprint density at radius 2 is 1.76 bits per heavy atom. The van der Waals surface area contributed by atoms with Gasteiger partial charge in [0.05, 0.1) is 11.8 Å². The van der Waals surface area contributed by atoms with E-state index in [1.807, 2.05) is 56.9 Å². The third-order valence-electron chi connectivity index (χ3n) is 3.74. The minimum atomic E-state index is -0.328. The number of nitrogens with zero attached hydrogens (tertiary/aromatic N) is 2. The molecule has 1 aromatic carbocycles. The van der Waals surface area contributed by atoms with E-state index in [1.165, 1.54) is 16.7 Å². The summed E-state index contributed by atoms with van der Waals surface area (Å²) in [5.74, 6) is -0.332. The molecule has 0 radical (unpaired) electrons. The summed E-state index contributed by atoms with van der Waals surface area (Å²) in [5, 5.41) is 2.47. The molecule has 0 bridgehead atoms. The molecule has 2 amide bonds. The summed E-state index contributed by atoms with van der Waals surface area (Å²) in [7, 11) is 1.63. The van der Waals surface area contributed by atoms with E-state index in [9.17, 15) is 9.59 Å². The first-order valence-corrected chi connectivity index (χ1v) is 9.64. The highest BCUT2D eigenvalue weighted by atomic mass is 32.2. The van der Waals surface area contributed by atoms with Gasteiger partial charge in [0, 0.05) is 25.8 Å². The molecule has 7 heteroatoms. The quantitative estimate of drug-likeness (QED) is 0.736. The number of rotatable bonds is 7. The lowest BCUT2D eigenvalue weighted by Crippen LogP contribution is -2.40. The molecule has 0 aliphatic heterocycles. The number of thiocarbonyl (C=S) groups is 1. The van der Waals surface area contributed by atoms with Gasteiger partial charge in [0.25, 0.3) is 0 Å². The molecular weight excluding hydrogens is 354 g/mol. The van der Waals surface area contributed by atoms with E-state index in [0.29, 0.717) is 4.32 Å². The van der Waals surface area contributed by atoms with Crippen molar-refractivity contribution in [2.24, 2.45) is 0 Å². The van der Waals surface area contributed by atoms with Gasteiger partial charge in [-0.1, -0.05) is 41.7 Å². The molecule has 138 valence electrons. The second kappa shape index (κ2) is 10.4. The Labute approximate surface area is 160 Å². The van der Waals surface area contributed by atoms with Crippen LogP contribution in [-0.4, -0.2) is 57.9 Å². The number of thioether (sulfide) groups is 1. The first kappa shape index (κ1) is 21.4. The molecule has 0 aromatic heterocycles. The molecule has 0 spiro atoms. The van der Waals surface area contributed by atoms with Crippen molar-refractivity contribution >= 4 is 45.8 Å². The Hall–Kier alpha value is -1.60. The molecule has 1 atom stereocenters. The van der Waals surface area contributed by atoms with E-state index in [0.717, 1.165) is 24.3 Å². The standard InChI is InChI=1S/C18H27N3O2S2/c1-6-21(7-2)18(24)25-14(4)17(23)20(5)12-16(22)19-15-10-8-13(3)9-11-15/h8-11,14H,6-7,12H2,1-5H3,(H,19,22)/t14-/m1/s1. The zero-order chi connectivity index (χ0) is 19.0. The SMILES string of the molecule is CCN(CC)C(=S)S[C@H](C)C(=O)N(C)CC(=O)Nc1ccc(C)cc1. The minimum Gasteiger partial charge on any atom is -0.358 e. The van der Waals surface area contributed by atoms with Crippen LogP contribution in [0.25, 0.3) is 0 Å². The lowest BCUT2D eigenvalue weighted by molar-refractivity contribution is -0.132. The van der Waals surface area contributed by atoms with Crippen LogP contribution in [0.3, 0.4) is 0 Å². The molecule has 0 saturated carbocycles. The fraction of sp³-hybridized carbons (Fsp3) is 0.500. The average molecular weight is 382 g/mol. The topological polar surface area (TPSA) is 52.7 Å². The number of hydrogen-bond acceptors (Lipinski definition) is 4. The number of aryl methyl sites for hydroxylation is 1. The van der Waals surface area contributed by atoms with Crippen molar-refractivity contribution in [3.8, 4) is 0 Å². The van der Waals surface area contributed by atoms with E-state index in [1.54, 1.807) is 7.05 Å². The zero-order valence-corrected chi connectivity index (χ0v) is 17.2. The van der Waals surface area contributed by atoms with E-state index < -0.39 is 0 Å². The van der Waals surface area contributed by atoms with Gasteiger partial charge in [0.1, 0.15) is 4.32 Å². The fourth-order valence-corrected chi connectivity index (χ4v) is 3.88. The summed E-state index contributed by atoms with van der Waals surface area (Å²) in [5.41, 5.74) is 1.85. The van der Waals surface area contributed by atoms with Gasteiger partial charge in [0.15, 0.2) is 0 Å². The molecule has 0 fully saturated rings. The molecule has 0 aliphatic rings. The summed E-state index contributed by atoms with van der Waals surface area (Å²) in [6, 6.07) is 7.54. The van der Waals surface area contributed by atoms with Crippen molar-refractivity contribution in [3.63, 3.8) is 0 Å². The van der Waals surface area contributed by atoms with Gasteiger partial charge >= 0.3 is 0 Å². The molecule has 0 aliphatic carbocycles. The lowest BCUT2D eigenvalue weighted by atomic mass is 10.2. The average Bonchev–Trinajstić information content (AvgIpc) is 2.57. The van der Waals surface area contributed by atoms with Crippen molar-refractivity contribution < 1.29 is 9.59 Å². The summed E-state index contributed by atoms with van der Waals surface area (Å²) in [4.78, 5) is 28.0. The monoisotopic (exact) mass is 381 g/mol. The van der Waals surface area contributed by atoms with Gasteiger partial charge in [-0.25, -0.2) is 0 Å². The van der Waals surface area contributed by atoms with Crippen molar-refractivity contribution in [1.29, 1.82) is 0 Å². The molecule has 1 aromatic rings. The van der Waals surface area contributed by atoms with Crippen molar-refractivity contribution in [3.05, 3.63) is 29.8 Å². The Morgan fingerprint density at radius 3 is 2.28 bits per heavy atom. The van der Waals surface area contributed by atoms with Crippen LogP contribution in [0.15, 0.2) is 24.3 Å². The predicted molar refractivity (Wildman–Crippen MR) is 110 cm³/mol. The Bertz CT molecular complexity index is 601. The molecule has 1 rings (SSSR count). The van der Waals surface area contributed by atoms with Gasteiger partial charge in [-0.15, -0.1) is 0 Å². The number of carbonyl (C=O) groups excluding carboxylic acids is 2. The highest BCUT2D eigenvalue weighted by Gasteiger charge is 2.22. The van der Waals surface area contributed by atoms with Gasteiger partial charge in [0.2, 0.25) is 11.8 Å². The van der Waals surface area contributed by atoms with Crippen LogP contribution >= 0.6 is 24.0 Å². The van der Waals surface area contributed by atoms with Gasteiger partial charge in [-0.05, 0) is 39.8 Å². The second-order valence-electron chi connectivity index (χ2n) is 5.81. The summed E-state index contributed by atoms with van der Waals surface area (Å²) < 4.78 is 0.711. The van der Waals surface area contributed by atoms with Crippen LogP contribution in [-0.2, 0) is 9.59 Å². The predicted octanol–water partition coefficient (Wildman–Crippen LogP) is 3.14. The second-order valence-corrected chi connectivity index (χ2v) is 7.78. The summed E-state index contributed by atoms with van der Waals surface area (Å²) in [6.45, 7) is 9.51. The van der Waals surface area contributed by atoms with Crippen LogP contribution in [0.5, 0.6) is 0 Å². The molecular formula is C18H27N3O2S2. The van der Waals surface area contributed by atoms with Crippen LogP contribution in [0.1, 0.15) is 26.3 Å². The maximum absolute atomic E-state index is 12.5. The third-order valence-corrected chi connectivity index (χ3v) is 5.30. The van der Waals surface area contributed by atoms with Crippen LogP contribution < -0.4 is 5.32 Å². The normalized spacial score (nSPS) is 11.6. The highest BCUT2D eigenvalue weighted by molar-refractivity contribution is 8.23. The molecule has 25 heavy (non-hydrogen) atoms. The Morgan fingerprint density at radius 1 is 1.20 bits per heavy atom. The lowest BCUT2D eigenvalue weighted by Gasteiger charge is -2.25. The number of nitrogens with one attached hydrogen (secondary N) is 1. The number of anilines is 1. The molecule has 1 N–H and O–H groups in total. The van der Waals surface area contributed by atoms with Gasteiger partial charge in [-0.3, -0.25) is 9.59 Å². The maximum Gasteiger partial charge on any atom is 0.243 e. The van der Waals surface area contributed by atoms with Crippen LogP contribution in [0.2, 0.25) is 0 Å². The summed E-state index contributed by atoms with van der Waals surface area (Å²) >= 11 is 6.74. The Balaban J connectivity index is 2.53. The van der Waals surface area contributed by atoms with Crippen molar-refractivity contribution in [2.45, 2.75) is 32.9 Å². The number of hydrogen-bond donors (Lipinski definition) is 1.